The molecular weight excluding hydrogens is 410 g/mol. The molecule has 6 nitrogen and oxygen atoms in total. The molecule has 0 fully saturated rings. The van der Waals surface area contributed by atoms with Crippen molar-refractivity contribution in [3.63, 3.8) is 0 Å². The SMILES string of the molecule is CCCNc1cc(CC(C)C)ccc1-c1ccccc1S(=O)(=O)Nc1onc(C)c1C. The maximum Gasteiger partial charge on any atom is 0.264 e. The lowest BCUT2D eigenvalue weighted by molar-refractivity contribution is 0.430. The highest BCUT2D eigenvalue weighted by Gasteiger charge is 2.23. The Morgan fingerprint density at radius 2 is 1.81 bits per heavy atom. The maximum atomic E-state index is 13.3. The van der Waals surface area contributed by atoms with Crippen molar-refractivity contribution in [2.75, 3.05) is 16.6 Å². The average molecular weight is 442 g/mol. The Bertz CT molecular complexity index is 1150. The molecule has 0 amide bonds. The zero-order chi connectivity index (χ0) is 22.6. The van der Waals surface area contributed by atoms with Crippen molar-refractivity contribution in [1.82, 2.24) is 5.16 Å². The number of sulfonamides is 1. The molecule has 0 atom stereocenters. The Morgan fingerprint density at radius 1 is 1.06 bits per heavy atom. The number of hydrogen-bond acceptors (Lipinski definition) is 5. The van der Waals surface area contributed by atoms with E-state index in [0.717, 1.165) is 30.6 Å². The van der Waals surface area contributed by atoms with E-state index in [1.165, 1.54) is 5.56 Å². The lowest BCUT2D eigenvalue weighted by Crippen LogP contribution is -2.14. The van der Waals surface area contributed by atoms with E-state index in [0.29, 0.717) is 22.7 Å². The van der Waals surface area contributed by atoms with Gasteiger partial charge in [0.05, 0.1) is 10.6 Å². The van der Waals surface area contributed by atoms with Crippen molar-refractivity contribution in [1.29, 1.82) is 0 Å². The molecule has 1 heterocycles. The first-order valence-corrected chi connectivity index (χ1v) is 12.1. The number of aromatic nitrogens is 1. The number of rotatable bonds is 9. The molecule has 0 radical (unpaired) electrons. The fourth-order valence-electron chi connectivity index (χ4n) is 3.44. The normalized spacial score (nSPS) is 11.7. The van der Waals surface area contributed by atoms with Crippen LogP contribution in [0.3, 0.4) is 0 Å². The van der Waals surface area contributed by atoms with Crippen molar-refractivity contribution in [2.45, 2.75) is 52.4 Å². The fraction of sp³-hybridized carbons (Fsp3) is 0.375. The molecule has 0 aliphatic rings. The highest BCUT2D eigenvalue weighted by atomic mass is 32.2. The molecule has 0 aliphatic carbocycles. The molecule has 31 heavy (non-hydrogen) atoms. The molecule has 1 aromatic heterocycles. The van der Waals surface area contributed by atoms with E-state index in [1.807, 2.05) is 18.2 Å². The smallest absolute Gasteiger partial charge is 0.264 e. The quantitative estimate of drug-likeness (QED) is 0.440. The molecule has 0 aliphatic heterocycles. The number of nitrogens with zero attached hydrogens (tertiary/aromatic N) is 1. The van der Waals surface area contributed by atoms with Crippen LogP contribution < -0.4 is 10.0 Å². The van der Waals surface area contributed by atoms with Gasteiger partial charge in [-0.2, -0.15) is 0 Å². The van der Waals surface area contributed by atoms with Gasteiger partial charge in [-0.3, -0.25) is 0 Å². The van der Waals surface area contributed by atoms with E-state index in [1.54, 1.807) is 26.0 Å². The minimum Gasteiger partial charge on any atom is -0.385 e. The molecule has 0 spiro atoms. The third-order valence-electron chi connectivity index (χ3n) is 5.14. The number of nitrogens with one attached hydrogen (secondary N) is 2. The molecular formula is C24H31N3O3S. The Hall–Kier alpha value is -2.80. The van der Waals surface area contributed by atoms with Crippen LogP contribution in [-0.4, -0.2) is 20.1 Å². The van der Waals surface area contributed by atoms with Crippen LogP contribution in [-0.2, 0) is 16.4 Å². The lowest BCUT2D eigenvalue weighted by Gasteiger charge is -2.17. The predicted molar refractivity (Wildman–Crippen MR) is 126 cm³/mol. The van der Waals surface area contributed by atoms with E-state index in [4.69, 9.17) is 4.52 Å². The van der Waals surface area contributed by atoms with Crippen molar-refractivity contribution in [2.24, 2.45) is 5.92 Å². The maximum absolute atomic E-state index is 13.3. The highest BCUT2D eigenvalue weighted by molar-refractivity contribution is 7.92. The standard InChI is InChI=1S/C24H31N3O3S/c1-6-13-25-22-15-19(14-16(2)3)11-12-20(22)21-9-7-8-10-23(21)31(28,29)27-24-17(4)18(5)26-30-24/h7-12,15-16,25,27H,6,13-14H2,1-5H3. The number of hydrogen-bond donors (Lipinski definition) is 2. The monoisotopic (exact) mass is 441 g/mol. The van der Waals surface area contributed by atoms with Gasteiger partial charge in [0.1, 0.15) is 0 Å². The Balaban J connectivity index is 2.07. The van der Waals surface area contributed by atoms with Crippen molar-refractivity contribution < 1.29 is 12.9 Å². The van der Waals surface area contributed by atoms with Crippen LogP contribution in [0.1, 0.15) is 44.0 Å². The van der Waals surface area contributed by atoms with Crippen LogP contribution in [0.25, 0.3) is 11.1 Å². The molecule has 0 saturated heterocycles. The van der Waals surface area contributed by atoms with Gasteiger partial charge in [0.25, 0.3) is 10.0 Å². The first-order valence-electron chi connectivity index (χ1n) is 10.6. The molecule has 7 heteroatoms. The first kappa shape index (κ1) is 22.9. The molecule has 3 aromatic rings. The predicted octanol–water partition coefficient (Wildman–Crippen LogP) is 5.78. The fourth-order valence-corrected chi connectivity index (χ4v) is 4.71. The van der Waals surface area contributed by atoms with Gasteiger partial charge in [0.15, 0.2) is 0 Å². The summed E-state index contributed by atoms with van der Waals surface area (Å²) in [4.78, 5) is 0.194. The first-order chi connectivity index (χ1) is 14.7. The molecule has 2 N–H and O–H groups in total. The van der Waals surface area contributed by atoms with Gasteiger partial charge < -0.3 is 9.84 Å². The molecule has 0 unspecified atom stereocenters. The lowest BCUT2D eigenvalue weighted by atomic mass is 9.97. The van der Waals surface area contributed by atoms with Crippen molar-refractivity contribution in [3.8, 4) is 11.1 Å². The van der Waals surface area contributed by atoms with Crippen LogP contribution in [0, 0.1) is 19.8 Å². The van der Waals surface area contributed by atoms with Crippen LogP contribution in [0.2, 0.25) is 0 Å². The highest BCUT2D eigenvalue weighted by Crippen LogP contribution is 2.35. The summed E-state index contributed by atoms with van der Waals surface area (Å²) in [6.45, 7) is 10.8. The van der Waals surface area contributed by atoms with Crippen LogP contribution in [0.5, 0.6) is 0 Å². The molecule has 3 rings (SSSR count). The van der Waals surface area contributed by atoms with Crippen LogP contribution in [0.4, 0.5) is 11.6 Å². The minimum absolute atomic E-state index is 0.143. The molecule has 2 aromatic carbocycles. The summed E-state index contributed by atoms with van der Waals surface area (Å²) in [6, 6.07) is 13.2. The van der Waals surface area contributed by atoms with Gasteiger partial charge in [-0.25, -0.2) is 13.1 Å². The van der Waals surface area contributed by atoms with Crippen LogP contribution >= 0.6 is 0 Å². The van der Waals surface area contributed by atoms with Gasteiger partial charge in [0.2, 0.25) is 5.88 Å². The molecule has 0 saturated carbocycles. The van der Waals surface area contributed by atoms with Gasteiger partial charge in [0, 0.05) is 28.9 Å². The summed E-state index contributed by atoms with van der Waals surface area (Å²) in [5, 5.41) is 7.32. The third kappa shape index (κ3) is 5.28. The van der Waals surface area contributed by atoms with Crippen LogP contribution in [0.15, 0.2) is 51.9 Å². The van der Waals surface area contributed by atoms with Gasteiger partial charge in [-0.15, -0.1) is 0 Å². The van der Waals surface area contributed by atoms with E-state index < -0.39 is 10.0 Å². The van der Waals surface area contributed by atoms with Gasteiger partial charge >= 0.3 is 0 Å². The molecule has 166 valence electrons. The van der Waals surface area contributed by atoms with E-state index in [9.17, 15) is 8.42 Å². The van der Waals surface area contributed by atoms with E-state index in [-0.39, 0.29) is 10.8 Å². The zero-order valence-electron chi connectivity index (χ0n) is 18.8. The number of aryl methyl sites for hydroxylation is 1. The van der Waals surface area contributed by atoms with Gasteiger partial charge in [-0.05, 0) is 50.3 Å². The van der Waals surface area contributed by atoms with E-state index in [2.05, 4.69) is 48.1 Å². The second-order valence-electron chi connectivity index (χ2n) is 8.23. The van der Waals surface area contributed by atoms with Crippen molar-refractivity contribution >= 4 is 21.6 Å². The topological polar surface area (TPSA) is 84.2 Å². The average Bonchev–Trinajstić information content (AvgIpc) is 3.03. The third-order valence-corrected chi connectivity index (χ3v) is 6.53. The van der Waals surface area contributed by atoms with E-state index >= 15 is 0 Å². The zero-order valence-corrected chi connectivity index (χ0v) is 19.6. The van der Waals surface area contributed by atoms with Gasteiger partial charge in [-0.1, -0.05) is 56.3 Å². The second-order valence-corrected chi connectivity index (χ2v) is 9.88. The largest absolute Gasteiger partial charge is 0.385 e. The summed E-state index contributed by atoms with van der Waals surface area (Å²) < 4.78 is 34.3. The summed E-state index contributed by atoms with van der Waals surface area (Å²) >= 11 is 0. The summed E-state index contributed by atoms with van der Waals surface area (Å²) in [7, 11) is -3.88. The number of benzene rings is 2. The molecule has 0 bridgehead atoms. The second kappa shape index (κ2) is 9.56. The Kier molecular flexibility index (Phi) is 7.05. The Morgan fingerprint density at radius 3 is 2.45 bits per heavy atom. The Labute approximate surface area is 185 Å². The number of anilines is 2. The summed E-state index contributed by atoms with van der Waals surface area (Å²) in [6.07, 6.45) is 1.94. The van der Waals surface area contributed by atoms with Crippen molar-refractivity contribution in [3.05, 3.63) is 59.3 Å². The summed E-state index contributed by atoms with van der Waals surface area (Å²) in [5.74, 6) is 0.680. The summed E-state index contributed by atoms with van der Waals surface area (Å²) in [5.41, 5.74) is 4.98. The minimum atomic E-state index is -3.88.